The van der Waals surface area contributed by atoms with E-state index in [0.29, 0.717) is 27.0 Å². The molecule has 0 saturated carbocycles. The van der Waals surface area contributed by atoms with Crippen molar-refractivity contribution in [1.82, 2.24) is 0 Å². The van der Waals surface area contributed by atoms with Gasteiger partial charge in [0.2, 0.25) is 5.91 Å². The Balaban J connectivity index is 1.65. The fourth-order valence-electron chi connectivity index (χ4n) is 2.70. The molecule has 0 heterocycles. The summed E-state index contributed by atoms with van der Waals surface area (Å²) in [5, 5.41) is 3.84. The van der Waals surface area contributed by atoms with Gasteiger partial charge >= 0.3 is 0 Å². The van der Waals surface area contributed by atoms with Crippen molar-refractivity contribution in [2.45, 2.75) is 13.5 Å². The predicted molar refractivity (Wildman–Crippen MR) is 121 cm³/mol. The van der Waals surface area contributed by atoms with Gasteiger partial charge in [0.25, 0.3) is 5.91 Å². The molecule has 0 aliphatic heterocycles. The minimum atomic E-state index is -0.245. The number of benzene rings is 3. The highest BCUT2D eigenvalue weighted by molar-refractivity contribution is 6.34. The largest absolute Gasteiger partial charge is 0.487 e. The molecule has 3 aromatic carbocycles. The first kappa shape index (κ1) is 21.7. The molecule has 0 aliphatic carbocycles. The smallest absolute Gasteiger partial charge is 0.255 e. The van der Waals surface area contributed by atoms with Crippen LogP contribution in [0.15, 0.2) is 66.7 Å². The Kier molecular flexibility index (Phi) is 6.98. The van der Waals surface area contributed by atoms with Crippen molar-refractivity contribution in [3.8, 4) is 5.75 Å². The van der Waals surface area contributed by atoms with Crippen LogP contribution in [0.2, 0.25) is 10.0 Å². The van der Waals surface area contributed by atoms with Crippen molar-refractivity contribution >= 4 is 46.4 Å². The van der Waals surface area contributed by atoms with Gasteiger partial charge in [-0.25, -0.2) is 0 Å². The zero-order chi connectivity index (χ0) is 21.7. The van der Waals surface area contributed by atoms with E-state index < -0.39 is 0 Å². The van der Waals surface area contributed by atoms with E-state index in [4.69, 9.17) is 27.9 Å². The highest BCUT2D eigenvalue weighted by Gasteiger charge is 2.10. The Hall–Kier alpha value is -3.02. The Morgan fingerprint density at radius 3 is 2.43 bits per heavy atom. The molecule has 154 valence electrons. The number of anilines is 2. The van der Waals surface area contributed by atoms with Gasteiger partial charge in [-0.05, 0) is 54.1 Å². The molecule has 7 heteroatoms. The summed E-state index contributed by atoms with van der Waals surface area (Å²) in [5.41, 5.74) is 2.70. The third kappa shape index (κ3) is 5.53. The monoisotopic (exact) mass is 442 g/mol. The first-order valence-corrected chi connectivity index (χ1v) is 9.91. The molecule has 0 unspecified atom stereocenters. The van der Waals surface area contributed by atoms with Crippen LogP contribution in [0.5, 0.6) is 5.75 Å². The van der Waals surface area contributed by atoms with Crippen LogP contribution in [0.25, 0.3) is 0 Å². The molecule has 3 rings (SSSR count). The van der Waals surface area contributed by atoms with Crippen LogP contribution in [0.4, 0.5) is 11.4 Å². The number of nitrogens with one attached hydrogen (secondary N) is 1. The highest BCUT2D eigenvalue weighted by Crippen LogP contribution is 2.28. The fraction of sp³-hybridized carbons (Fsp3) is 0.130. The molecule has 0 spiro atoms. The number of hydrogen-bond acceptors (Lipinski definition) is 3. The molecule has 2 amide bonds. The second kappa shape index (κ2) is 9.65. The Morgan fingerprint density at radius 1 is 1.00 bits per heavy atom. The average Bonchev–Trinajstić information content (AvgIpc) is 2.74. The van der Waals surface area contributed by atoms with Crippen molar-refractivity contribution in [1.29, 1.82) is 0 Å². The number of rotatable bonds is 6. The van der Waals surface area contributed by atoms with Gasteiger partial charge in [0, 0.05) is 42.0 Å². The van der Waals surface area contributed by atoms with Gasteiger partial charge < -0.3 is 15.0 Å². The lowest BCUT2D eigenvalue weighted by atomic mass is 10.1. The number of amides is 2. The maximum absolute atomic E-state index is 12.6. The second-order valence-electron chi connectivity index (χ2n) is 6.64. The normalized spacial score (nSPS) is 10.4. The van der Waals surface area contributed by atoms with E-state index in [1.807, 2.05) is 6.07 Å². The highest BCUT2D eigenvalue weighted by atomic mass is 35.5. The van der Waals surface area contributed by atoms with Gasteiger partial charge in [0.05, 0.1) is 5.02 Å². The zero-order valence-electron chi connectivity index (χ0n) is 16.5. The zero-order valence-corrected chi connectivity index (χ0v) is 18.0. The average molecular weight is 443 g/mol. The van der Waals surface area contributed by atoms with Crippen molar-refractivity contribution in [3.05, 3.63) is 87.9 Å². The summed E-state index contributed by atoms with van der Waals surface area (Å²) in [5.74, 6) is 0.171. The Bertz CT molecular complexity index is 1070. The number of carbonyl (C=O) groups excluding carboxylic acids is 2. The van der Waals surface area contributed by atoms with Gasteiger partial charge in [-0.2, -0.15) is 0 Å². The quantitative estimate of drug-likeness (QED) is 0.523. The molecule has 0 aliphatic rings. The molecule has 0 radical (unpaired) electrons. The lowest BCUT2D eigenvalue weighted by Crippen LogP contribution is -2.22. The number of carbonyl (C=O) groups is 2. The van der Waals surface area contributed by atoms with Crippen molar-refractivity contribution in [3.63, 3.8) is 0 Å². The summed E-state index contributed by atoms with van der Waals surface area (Å²) < 4.78 is 5.73. The van der Waals surface area contributed by atoms with Crippen LogP contribution < -0.4 is 15.0 Å². The minimum absolute atomic E-state index is 0.0649. The molecule has 0 bridgehead atoms. The molecule has 0 aromatic heterocycles. The first-order chi connectivity index (χ1) is 14.3. The minimum Gasteiger partial charge on any atom is -0.487 e. The number of nitrogens with zero attached hydrogens (tertiary/aromatic N) is 1. The summed E-state index contributed by atoms with van der Waals surface area (Å²) in [7, 11) is 1.69. The summed E-state index contributed by atoms with van der Waals surface area (Å²) >= 11 is 12.1. The molecular weight excluding hydrogens is 423 g/mol. The lowest BCUT2D eigenvalue weighted by Gasteiger charge is -2.15. The van der Waals surface area contributed by atoms with Crippen LogP contribution in [0, 0.1) is 0 Å². The van der Waals surface area contributed by atoms with E-state index in [-0.39, 0.29) is 18.4 Å². The van der Waals surface area contributed by atoms with E-state index in [0.717, 1.165) is 11.3 Å². The predicted octanol–water partition coefficient (Wildman–Crippen LogP) is 5.81. The molecule has 1 N–H and O–H groups in total. The van der Waals surface area contributed by atoms with E-state index in [9.17, 15) is 9.59 Å². The fourth-order valence-corrected chi connectivity index (χ4v) is 3.04. The molecular formula is C23H20Cl2N2O3. The van der Waals surface area contributed by atoms with Crippen molar-refractivity contribution in [2.75, 3.05) is 17.3 Å². The number of ether oxygens (including phenoxy) is 1. The topological polar surface area (TPSA) is 58.6 Å². The summed E-state index contributed by atoms with van der Waals surface area (Å²) in [4.78, 5) is 25.6. The van der Waals surface area contributed by atoms with Crippen LogP contribution in [0.3, 0.4) is 0 Å². The number of halogens is 2. The second-order valence-corrected chi connectivity index (χ2v) is 7.49. The number of hydrogen-bond donors (Lipinski definition) is 1. The van der Waals surface area contributed by atoms with E-state index in [1.54, 1.807) is 67.7 Å². The van der Waals surface area contributed by atoms with Crippen LogP contribution in [-0.2, 0) is 11.4 Å². The van der Waals surface area contributed by atoms with Crippen molar-refractivity contribution < 1.29 is 14.3 Å². The standard InChI is InChI=1S/C23H20Cl2N2O3/c1-15(28)27(2)20-9-7-19(8-10-20)26-23(29)17-5-3-4-16(12-17)14-30-22-13-18(24)6-11-21(22)25/h3-13H,14H2,1-2H3,(H,26,29). The van der Waals surface area contributed by atoms with E-state index >= 15 is 0 Å². The lowest BCUT2D eigenvalue weighted by molar-refractivity contribution is -0.116. The molecule has 0 atom stereocenters. The van der Waals surface area contributed by atoms with E-state index in [2.05, 4.69) is 5.32 Å². The van der Waals surface area contributed by atoms with Crippen LogP contribution >= 0.6 is 23.2 Å². The Morgan fingerprint density at radius 2 is 1.73 bits per heavy atom. The maximum atomic E-state index is 12.6. The van der Waals surface area contributed by atoms with Gasteiger partial charge in [0.15, 0.2) is 0 Å². The summed E-state index contributed by atoms with van der Waals surface area (Å²) in [6, 6.07) is 19.2. The molecule has 5 nitrogen and oxygen atoms in total. The summed E-state index contributed by atoms with van der Waals surface area (Å²) in [6.45, 7) is 1.74. The first-order valence-electron chi connectivity index (χ1n) is 9.16. The molecule has 3 aromatic rings. The third-order valence-electron chi connectivity index (χ3n) is 4.46. The SMILES string of the molecule is CC(=O)N(C)c1ccc(NC(=O)c2cccc(COc3cc(Cl)ccc3Cl)c2)cc1. The maximum Gasteiger partial charge on any atom is 0.255 e. The third-order valence-corrected chi connectivity index (χ3v) is 5.01. The molecule has 0 fully saturated rings. The van der Waals surface area contributed by atoms with Gasteiger partial charge in [0.1, 0.15) is 12.4 Å². The molecule has 0 saturated heterocycles. The summed E-state index contributed by atoms with van der Waals surface area (Å²) in [6.07, 6.45) is 0. The van der Waals surface area contributed by atoms with Gasteiger partial charge in [-0.15, -0.1) is 0 Å². The van der Waals surface area contributed by atoms with Crippen LogP contribution in [0.1, 0.15) is 22.8 Å². The van der Waals surface area contributed by atoms with Crippen molar-refractivity contribution in [2.24, 2.45) is 0 Å². The van der Waals surface area contributed by atoms with E-state index in [1.165, 1.54) is 11.8 Å². The van der Waals surface area contributed by atoms with Gasteiger partial charge in [-0.1, -0.05) is 35.3 Å². The van der Waals surface area contributed by atoms with Gasteiger partial charge in [-0.3, -0.25) is 9.59 Å². The Labute approximate surface area is 185 Å². The molecule has 30 heavy (non-hydrogen) atoms. The van der Waals surface area contributed by atoms with Crippen LogP contribution in [-0.4, -0.2) is 18.9 Å².